The largest absolute Gasteiger partial charge is 0.455 e. The molecule has 0 aliphatic carbocycles. The highest BCUT2D eigenvalue weighted by molar-refractivity contribution is 6.11. The van der Waals surface area contributed by atoms with Gasteiger partial charge in [0, 0.05) is 49.6 Å². The van der Waals surface area contributed by atoms with Crippen molar-refractivity contribution in [1.29, 1.82) is 0 Å². The average molecular weight is 747 g/mol. The third-order valence-corrected chi connectivity index (χ3v) is 11.3. The molecule has 0 N–H and O–H groups in total. The zero-order chi connectivity index (χ0) is 38.6. The predicted molar refractivity (Wildman–Crippen MR) is 239 cm³/mol. The van der Waals surface area contributed by atoms with Crippen molar-refractivity contribution < 1.29 is 8.81 Å². The van der Waals surface area contributed by atoms with E-state index in [4.69, 9.17) is 4.42 Å². The molecule has 0 spiro atoms. The van der Waals surface area contributed by atoms with Gasteiger partial charge in [0.1, 0.15) is 17.0 Å². The molecule has 0 aliphatic rings. The second-order valence-corrected chi connectivity index (χ2v) is 14.6. The van der Waals surface area contributed by atoms with Gasteiger partial charge in [-0.15, -0.1) is 0 Å². The van der Waals surface area contributed by atoms with Crippen molar-refractivity contribution in [2.24, 2.45) is 0 Å². The molecule has 2 aromatic heterocycles. The summed E-state index contributed by atoms with van der Waals surface area (Å²) in [5, 5.41) is 4.13. The summed E-state index contributed by atoms with van der Waals surface area (Å²) in [4.78, 5) is 2.34. The quantitative estimate of drug-likeness (QED) is 0.162. The van der Waals surface area contributed by atoms with E-state index in [-0.39, 0.29) is 5.82 Å². The molecule has 3 nitrogen and oxygen atoms in total. The molecule has 11 rings (SSSR count). The Balaban J connectivity index is 1.09. The Morgan fingerprint density at radius 2 is 0.983 bits per heavy atom. The van der Waals surface area contributed by atoms with Gasteiger partial charge in [-0.3, -0.25) is 0 Å². The van der Waals surface area contributed by atoms with E-state index in [1.807, 2.05) is 36.4 Å². The first-order valence-electron chi connectivity index (χ1n) is 19.5. The number of fused-ring (bicyclic) bond motifs is 6. The summed E-state index contributed by atoms with van der Waals surface area (Å²) >= 11 is 0. The molecule has 0 unspecified atom stereocenters. The highest BCUT2D eigenvalue weighted by atomic mass is 19.1. The van der Waals surface area contributed by atoms with E-state index < -0.39 is 0 Å². The number of rotatable bonds is 7. The maximum atomic E-state index is 14.7. The van der Waals surface area contributed by atoms with E-state index in [0.29, 0.717) is 0 Å². The number of hydrogen-bond donors (Lipinski definition) is 0. The number of benzene rings is 9. The first-order chi connectivity index (χ1) is 28.7. The van der Waals surface area contributed by atoms with Crippen molar-refractivity contribution in [1.82, 2.24) is 4.57 Å². The van der Waals surface area contributed by atoms with E-state index in [1.165, 1.54) is 5.56 Å². The van der Waals surface area contributed by atoms with E-state index >= 15 is 0 Å². The summed E-state index contributed by atoms with van der Waals surface area (Å²) in [5.41, 5.74) is 14.4. The van der Waals surface area contributed by atoms with Crippen LogP contribution < -0.4 is 4.90 Å². The number of halogens is 1. The number of anilines is 3. The SMILES string of the molecule is Fc1ccc2c(c1)c1ccccc1n2-c1ccccc1-c1ccccc1N(c1ccc(-c2ccccc2)cc1)c1ccc(-c2cccc3c2oc2ccccc23)cc1. The second kappa shape index (κ2) is 13.8. The zero-order valence-electron chi connectivity index (χ0n) is 31.4. The lowest BCUT2D eigenvalue weighted by molar-refractivity contribution is 0.629. The minimum absolute atomic E-state index is 0.247. The van der Waals surface area contributed by atoms with Crippen molar-refractivity contribution in [3.05, 3.63) is 218 Å². The van der Waals surface area contributed by atoms with E-state index in [1.54, 1.807) is 12.1 Å². The molecular weight excluding hydrogens is 712 g/mol. The topological polar surface area (TPSA) is 21.3 Å². The van der Waals surface area contributed by atoms with Crippen molar-refractivity contribution in [2.75, 3.05) is 4.90 Å². The Hall–Kier alpha value is -7.69. The van der Waals surface area contributed by atoms with Gasteiger partial charge in [-0.2, -0.15) is 0 Å². The van der Waals surface area contributed by atoms with Gasteiger partial charge < -0.3 is 13.9 Å². The van der Waals surface area contributed by atoms with Gasteiger partial charge in [0.15, 0.2) is 0 Å². The lowest BCUT2D eigenvalue weighted by Gasteiger charge is -2.29. The highest BCUT2D eigenvalue weighted by Gasteiger charge is 2.22. The Labute approximate surface area is 335 Å². The van der Waals surface area contributed by atoms with Gasteiger partial charge in [-0.05, 0) is 83.4 Å². The molecule has 0 amide bonds. The maximum Gasteiger partial charge on any atom is 0.143 e. The Bertz CT molecular complexity index is 3290. The smallest absolute Gasteiger partial charge is 0.143 e. The van der Waals surface area contributed by atoms with Crippen LogP contribution in [-0.4, -0.2) is 4.57 Å². The van der Waals surface area contributed by atoms with Crippen LogP contribution in [0.5, 0.6) is 0 Å². The third-order valence-electron chi connectivity index (χ3n) is 11.3. The average Bonchev–Trinajstić information content (AvgIpc) is 3.83. The number of nitrogens with zero attached hydrogens (tertiary/aromatic N) is 2. The van der Waals surface area contributed by atoms with Gasteiger partial charge >= 0.3 is 0 Å². The van der Waals surface area contributed by atoms with E-state index in [2.05, 4.69) is 173 Å². The highest BCUT2D eigenvalue weighted by Crippen LogP contribution is 2.45. The molecular formula is C54H35FN2O. The maximum absolute atomic E-state index is 14.7. The Morgan fingerprint density at radius 3 is 1.79 bits per heavy atom. The number of para-hydroxylation sites is 5. The molecule has 0 atom stereocenters. The molecule has 0 fully saturated rings. The van der Waals surface area contributed by atoms with Crippen LogP contribution in [0.15, 0.2) is 217 Å². The molecule has 4 heteroatoms. The number of hydrogen-bond acceptors (Lipinski definition) is 2. The molecule has 11 aromatic rings. The predicted octanol–water partition coefficient (Wildman–Crippen LogP) is 15.3. The zero-order valence-corrected chi connectivity index (χ0v) is 31.4. The molecule has 0 radical (unpaired) electrons. The molecule has 0 saturated heterocycles. The monoisotopic (exact) mass is 746 g/mol. The summed E-state index contributed by atoms with van der Waals surface area (Å²) in [5.74, 6) is -0.247. The summed E-state index contributed by atoms with van der Waals surface area (Å²) < 4.78 is 23.4. The molecule has 2 heterocycles. The summed E-state index contributed by atoms with van der Waals surface area (Å²) in [6.07, 6.45) is 0. The molecule has 0 aliphatic heterocycles. The van der Waals surface area contributed by atoms with E-state index in [9.17, 15) is 4.39 Å². The van der Waals surface area contributed by atoms with E-state index in [0.717, 1.165) is 94.3 Å². The first kappa shape index (κ1) is 33.6. The van der Waals surface area contributed by atoms with Crippen LogP contribution in [0.3, 0.4) is 0 Å². The minimum Gasteiger partial charge on any atom is -0.455 e. The molecule has 0 bridgehead atoms. The lowest BCUT2D eigenvalue weighted by atomic mass is 9.98. The minimum atomic E-state index is -0.247. The number of furan rings is 1. The Kier molecular flexibility index (Phi) is 8.00. The summed E-state index contributed by atoms with van der Waals surface area (Å²) in [7, 11) is 0. The van der Waals surface area contributed by atoms with Gasteiger partial charge in [-0.25, -0.2) is 4.39 Å². The van der Waals surface area contributed by atoms with Gasteiger partial charge in [0.2, 0.25) is 0 Å². The summed E-state index contributed by atoms with van der Waals surface area (Å²) in [6.45, 7) is 0. The summed E-state index contributed by atoms with van der Waals surface area (Å²) in [6, 6.07) is 73.1. The van der Waals surface area contributed by atoms with Gasteiger partial charge in [0.05, 0.1) is 22.4 Å². The van der Waals surface area contributed by atoms with Gasteiger partial charge in [-0.1, -0.05) is 146 Å². The Morgan fingerprint density at radius 1 is 0.397 bits per heavy atom. The molecule has 9 aromatic carbocycles. The third kappa shape index (κ3) is 5.57. The standard InChI is InChI=1S/C54H35FN2O/c55-39-29-34-52-48(35-39)45-17-6-10-23-51(45)57(52)50-22-9-5-16-44(50)43-15-4-8-21-49(43)56(40-30-25-37(26-31-40)36-13-2-1-3-14-36)41-32-27-38(28-33-41)42-19-12-20-47-46-18-7-11-24-53(46)58-54(42)47/h1-35H. The normalized spacial score (nSPS) is 11.5. The van der Waals surface area contributed by atoms with Crippen LogP contribution in [0.1, 0.15) is 0 Å². The van der Waals surface area contributed by atoms with Crippen LogP contribution in [-0.2, 0) is 0 Å². The molecule has 274 valence electrons. The van der Waals surface area contributed by atoms with Crippen LogP contribution >= 0.6 is 0 Å². The van der Waals surface area contributed by atoms with Crippen LogP contribution in [0.25, 0.3) is 82.8 Å². The fourth-order valence-electron chi connectivity index (χ4n) is 8.62. The second-order valence-electron chi connectivity index (χ2n) is 14.6. The molecule has 58 heavy (non-hydrogen) atoms. The van der Waals surface area contributed by atoms with Crippen LogP contribution in [0.2, 0.25) is 0 Å². The fraction of sp³-hybridized carbons (Fsp3) is 0. The van der Waals surface area contributed by atoms with Crippen molar-refractivity contribution >= 4 is 60.8 Å². The first-order valence-corrected chi connectivity index (χ1v) is 19.5. The van der Waals surface area contributed by atoms with Crippen molar-refractivity contribution in [2.45, 2.75) is 0 Å². The van der Waals surface area contributed by atoms with Crippen molar-refractivity contribution in [3.63, 3.8) is 0 Å². The van der Waals surface area contributed by atoms with Crippen LogP contribution in [0, 0.1) is 5.82 Å². The molecule has 0 saturated carbocycles. The van der Waals surface area contributed by atoms with Crippen molar-refractivity contribution in [3.8, 4) is 39.1 Å². The van der Waals surface area contributed by atoms with Gasteiger partial charge in [0.25, 0.3) is 0 Å². The lowest BCUT2D eigenvalue weighted by Crippen LogP contribution is -2.11. The number of aromatic nitrogens is 1. The fourth-order valence-corrected chi connectivity index (χ4v) is 8.62. The van der Waals surface area contributed by atoms with Crippen LogP contribution in [0.4, 0.5) is 21.5 Å².